The van der Waals surface area contributed by atoms with Crippen molar-refractivity contribution in [3.8, 4) is 0 Å². The molecule has 0 spiro atoms. The fraction of sp³-hybridized carbons (Fsp3) is 0.783. The average molecular weight is 422 g/mol. The first-order valence-corrected chi connectivity index (χ1v) is 12.7. The molecule has 4 aliphatic carbocycles. The van der Waals surface area contributed by atoms with Crippen molar-refractivity contribution < 1.29 is 17.8 Å². The van der Waals surface area contributed by atoms with E-state index in [4.69, 9.17) is 4.28 Å². The lowest BCUT2D eigenvalue weighted by molar-refractivity contribution is -0.0961. The zero-order chi connectivity index (χ0) is 21.4. The molecule has 0 radical (unpaired) electrons. The van der Waals surface area contributed by atoms with Crippen LogP contribution in [0.25, 0.3) is 0 Å². The van der Waals surface area contributed by atoms with Gasteiger partial charge in [0.2, 0.25) is 0 Å². The van der Waals surface area contributed by atoms with E-state index in [2.05, 4.69) is 32.5 Å². The van der Waals surface area contributed by atoms with E-state index < -0.39 is 15.7 Å². The summed E-state index contributed by atoms with van der Waals surface area (Å²) in [6.45, 7) is 13.3. The van der Waals surface area contributed by atoms with Gasteiger partial charge in [0.05, 0.1) is 17.6 Å². The van der Waals surface area contributed by atoms with Crippen LogP contribution < -0.4 is 0 Å². The van der Waals surface area contributed by atoms with E-state index in [0.29, 0.717) is 17.8 Å². The molecule has 0 unspecified atom stereocenters. The monoisotopic (exact) mass is 421 g/mol. The van der Waals surface area contributed by atoms with Gasteiger partial charge in [0.1, 0.15) is 0 Å². The Balaban J connectivity index is 1.71. The zero-order valence-electron chi connectivity index (χ0n) is 18.4. The van der Waals surface area contributed by atoms with Gasteiger partial charge in [-0.05, 0) is 87.5 Å². The summed E-state index contributed by atoms with van der Waals surface area (Å²) in [6.07, 6.45) is 7.65. The maximum atomic E-state index is 11.4. The van der Waals surface area contributed by atoms with Crippen molar-refractivity contribution in [2.24, 2.45) is 33.7 Å². The van der Waals surface area contributed by atoms with E-state index in [-0.39, 0.29) is 10.8 Å². The van der Waals surface area contributed by atoms with Gasteiger partial charge in [-0.3, -0.25) is 4.28 Å². The Hall–Kier alpha value is -1.14. The lowest BCUT2D eigenvalue weighted by atomic mass is 9.45. The van der Waals surface area contributed by atoms with Gasteiger partial charge < -0.3 is 5.11 Å². The quantitative estimate of drug-likeness (QED) is 0.523. The Kier molecular flexibility index (Phi) is 4.68. The Bertz CT molecular complexity index is 915. The number of fused-ring (bicyclic) bond motifs is 5. The van der Waals surface area contributed by atoms with Gasteiger partial charge in [0.25, 0.3) is 0 Å². The smallest absolute Gasteiger partial charge is 0.325 e. The van der Waals surface area contributed by atoms with Gasteiger partial charge in [-0.2, -0.15) is 8.42 Å². The largest absolute Gasteiger partial charge is 0.390 e. The molecule has 162 valence electrons. The summed E-state index contributed by atoms with van der Waals surface area (Å²) in [5.41, 5.74) is 3.88. The summed E-state index contributed by atoms with van der Waals surface area (Å²) in [6, 6.07) is 0. The van der Waals surface area contributed by atoms with E-state index in [0.717, 1.165) is 62.5 Å². The van der Waals surface area contributed by atoms with Gasteiger partial charge in [0.15, 0.2) is 0 Å². The summed E-state index contributed by atoms with van der Waals surface area (Å²) in [5.74, 6) is 1.52. The van der Waals surface area contributed by atoms with Gasteiger partial charge in [-0.1, -0.05) is 36.7 Å². The molecule has 0 bridgehead atoms. The minimum absolute atomic E-state index is 0.0317. The van der Waals surface area contributed by atoms with Crippen molar-refractivity contribution in [1.29, 1.82) is 0 Å². The number of oxime groups is 1. The maximum Gasteiger partial charge on any atom is 0.325 e. The maximum absolute atomic E-state index is 11.4. The van der Waals surface area contributed by atoms with Crippen molar-refractivity contribution in [2.45, 2.75) is 78.2 Å². The molecule has 3 fully saturated rings. The number of allylic oxidation sites excluding steroid dienone is 3. The molecular weight excluding hydrogens is 386 g/mol. The highest BCUT2D eigenvalue weighted by Gasteiger charge is 2.63. The van der Waals surface area contributed by atoms with E-state index >= 15 is 0 Å². The minimum atomic E-state index is -3.59. The summed E-state index contributed by atoms with van der Waals surface area (Å²) in [7, 11) is -3.59. The van der Waals surface area contributed by atoms with Crippen molar-refractivity contribution in [1.82, 2.24) is 0 Å². The first kappa shape index (κ1) is 21.1. The van der Waals surface area contributed by atoms with Crippen LogP contribution in [-0.2, 0) is 14.4 Å². The predicted molar refractivity (Wildman–Crippen MR) is 115 cm³/mol. The van der Waals surface area contributed by atoms with Gasteiger partial charge in [-0.15, -0.1) is 0 Å². The second-order valence-electron chi connectivity index (χ2n) is 10.7. The van der Waals surface area contributed by atoms with Gasteiger partial charge in [-0.25, -0.2) is 0 Å². The van der Waals surface area contributed by atoms with Crippen LogP contribution in [0, 0.1) is 28.6 Å². The Morgan fingerprint density at radius 2 is 1.86 bits per heavy atom. The third-order valence-electron chi connectivity index (χ3n) is 9.12. The number of nitrogens with zero attached hydrogens (tertiary/aromatic N) is 1. The molecule has 29 heavy (non-hydrogen) atoms. The SMILES string of the molecule is C=C1C[C@@]2(C)[C@@H](CC[C@]2(C)O)[C@@H]2CCC3=C(C)/C(=N/OS(C)(=O)=O)CC[C@]3(C)[C@@H]12. The summed E-state index contributed by atoms with van der Waals surface area (Å²) >= 11 is 0. The van der Waals surface area contributed by atoms with Gasteiger partial charge in [0, 0.05) is 5.41 Å². The van der Waals surface area contributed by atoms with Crippen LogP contribution in [0.15, 0.2) is 28.5 Å². The van der Waals surface area contributed by atoms with E-state index in [1.54, 1.807) is 0 Å². The molecule has 0 aromatic heterocycles. The molecule has 4 aliphatic rings. The third-order valence-corrected chi connectivity index (χ3v) is 9.47. The molecule has 0 amide bonds. The molecule has 0 aliphatic heterocycles. The summed E-state index contributed by atoms with van der Waals surface area (Å²) in [4.78, 5) is 0. The van der Waals surface area contributed by atoms with Crippen molar-refractivity contribution in [3.05, 3.63) is 23.3 Å². The zero-order valence-corrected chi connectivity index (χ0v) is 19.2. The third kappa shape index (κ3) is 3.04. The highest BCUT2D eigenvalue weighted by molar-refractivity contribution is 7.85. The van der Waals surface area contributed by atoms with Crippen LogP contribution in [0.2, 0.25) is 0 Å². The topological polar surface area (TPSA) is 76.0 Å². The van der Waals surface area contributed by atoms with E-state index in [9.17, 15) is 13.5 Å². The van der Waals surface area contributed by atoms with Crippen LogP contribution in [0.1, 0.15) is 72.6 Å². The van der Waals surface area contributed by atoms with Crippen LogP contribution in [0.3, 0.4) is 0 Å². The fourth-order valence-electron chi connectivity index (χ4n) is 7.53. The summed E-state index contributed by atoms with van der Waals surface area (Å²) in [5, 5.41) is 15.1. The molecule has 6 atom stereocenters. The van der Waals surface area contributed by atoms with Crippen molar-refractivity contribution in [2.75, 3.05) is 6.26 Å². The number of hydrogen-bond donors (Lipinski definition) is 1. The molecule has 0 saturated heterocycles. The fourth-order valence-corrected chi connectivity index (χ4v) is 7.75. The van der Waals surface area contributed by atoms with Crippen molar-refractivity contribution in [3.63, 3.8) is 0 Å². The highest BCUT2D eigenvalue weighted by Crippen LogP contribution is 2.68. The molecule has 1 N–H and O–H groups in total. The van der Waals surface area contributed by atoms with Gasteiger partial charge >= 0.3 is 10.1 Å². The van der Waals surface area contributed by atoms with Crippen LogP contribution >= 0.6 is 0 Å². The normalized spacial score (nSPS) is 46.3. The highest BCUT2D eigenvalue weighted by atomic mass is 32.2. The van der Waals surface area contributed by atoms with E-state index in [1.807, 2.05) is 6.92 Å². The second kappa shape index (κ2) is 6.43. The lowest BCUT2D eigenvalue weighted by Gasteiger charge is -2.60. The molecular formula is C23H35NO4S. The number of rotatable bonds is 2. The summed E-state index contributed by atoms with van der Waals surface area (Å²) < 4.78 is 27.5. The molecule has 3 saturated carbocycles. The molecule has 0 heterocycles. The number of hydrogen-bond acceptors (Lipinski definition) is 5. The number of aliphatic hydroxyl groups is 1. The first-order chi connectivity index (χ1) is 13.3. The Morgan fingerprint density at radius 1 is 1.17 bits per heavy atom. The van der Waals surface area contributed by atoms with Crippen LogP contribution in [0.4, 0.5) is 0 Å². The molecule has 4 rings (SSSR count). The van der Waals surface area contributed by atoms with Crippen LogP contribution in [0.5, 0.6) is 0 Å². The lowest BCUT2D eigenvalue weighted by Crippen LogP contribution is -2.55. The Labute approximate surface area is 175 Å². The van der Waals surface area contributed by atoms with E-state index in [1.165, 1.54) is 11.1 Å². The molecule has 6 heteroatoms. The molecule has 5 nitrogen and oxygen atoms in total. The predicted octanol–water partition coefficient (Wildman–Crippen LogP) is 4.59. The second-order valence-corrected chi connectivity index (χ2v) is 12.2. The molecule has 0 aromatic rings. The van der Waals surface area contributed by atoms with Crippen LogP contribution in [-0.4, -0.2) is 31.1 Å². The minimum Gasteiger partial charge on any atom is -0.390 e. The average Bonchev–Trinajstić information content (AvgIpc) is 2.82. The standard InChI is InChI=1S/C23H35NO4S/c1-14-13-22(4)18(9-12-23(22,5)25)16-7-8-17-15(2)19(24-28-29(6,26)27)10-11-21(17,3)20(14)16/h16,18,20,25H,1,7-13H2,2-6H3/b24-19+/t16-,18-,20-,21-,22-,23-/m0/s1. The Morgan fingerprint density at radius 3 is 2.52 bits per heavy atom. The van der Waals surface area contributed by atoms with Crippen molar-refractivity contribution >= 4 is 15.8 Å². The molecule has 0 aromatic carbocycles. The first-order valence-electron chi connectivity index (χ1n) is 10.9.